The van der Waals surface area contributed by atoms with Crippen LogP contribution in [0.4, 0.5) is 5.82 Å². The van der Waals surface area contributed by atoms with Gasteiger partial charge in [-0.2, -0.15) is 0 Å². The Morgan fingerprint density at radius 3 is 2.60 bits per heavy atom. The molecule has 3 rings (SSSR count). The molecule has 72 valence electrons. The van der Waals surface area contributed by atoms with E-state index in [0.29, 0.717) is 5.82 Å². The average molecular weight is 194 g/mol. The molecule has 2 N–H and O–H groups in total. The van der Waals surface area contributed by atoms with Gasteiger partial charge >= 0.3 is 0 Å². The summed E-state index contributed by atoms with van der Waals surface area (Å²) in [6.07, 6.45) is 0. The van der Waals surface area contributed by atoms with E-state index in [-0.39, 0.29) is 0 Å². The molecule has 15 heavy (non-hydrogen) atoms. The van der Waals surface area contributed by atoms with E-state index in [0.717, 1.165) is 16.3 Å². The second-order valence-electron chi connectivity index (χ2n) is 3.60. The molecule has 2 heteroatoms. The van der Waals surface area contributed by atoms with Gasteiger partial charge in [-0.3, -0.25) is 0 Å². The molecule has 1 heterocycles. The van der Waals surface area contributed by atoms with Crippen LogP contribution in [0.3, 0.4) is 0 Å². The lowest BCUT2D eigenvalue weighted by Gasteiger charge is -1.93. The SMILES string of the molecule is Nc1cc2ccc3cccccc3c2n1. The zero-order valence-corrected chi connectivity index (χ0v) is 8.14. The highest BCUT2D eigenvalue weighted by Crippen LogP contribution is 2.25. The number of anilines is 1. The number of hydrogen-bond donors (Lipinski definition) is 1. The number of fused-ring (bicyclic) bond motifs is 3. The minimum Gasteiger partial charge on any atom is -0.384 e. The summed E-state index contributed by atoms with van der Waals surface area (Å²) in [5, 5.41) is 3.44. The third-order valence-electron chi connectivity index (χ3n) is 2.59. The van der Waals surface area contributed by atoms with Crippen molar-refractivity contribution < 1.29 is 0 Å². The number of nitrogens with two attached hydrogens (primary N) is 1. The van der Waals surface area contributed by atoms with E-state index in [1.807, 2.05) is 24.3 Å². The van der Waals surface area contributed by atoms with E-state index in [1.54, 1.807) is 0 Å². The number of rotatable bonds is 0. The predicted molar refractivity (Wildman–Crippen MR) is 63.7 cm³/mol. The summed E-state index contributed by atoms with van der Waals surface area (Å²) >= 11 is 0. The van der Waals surface area contributed by atoms with Crippen molar-refractivity contribution in [2.75, 3.05) is 5.73 Å². The fourth-order valence-corrected chi connectivity index (χ4v) is 1.90. The molecule has 0 aliphatic rings. The Morgan fingerprint density at radius 2 is 1.67 bits per heavy atom. The number of aromatic nitrogens is 1. The highest BCUT2D eigenvalue weighted by molar-refractivity contribution is 6.06. The second-order valence-corrected chi connectivity index (χ2v) is 3.60. The Labute approximate surface area is 87.4 Å². The Hall–Kier alpha value is -2.09. The molecule has 0 amide bonds. The average Bonchev–Trinajstić information content (AvgIpc) is 2.48. The highest BCUT2D eigenvalue weighted by atomic mass is 14.8. The van der Waals surface area contributed by atoms with E-state index >= 15 is 0 Å². The predicted octanol–water partition coefficient (Wildman–Crippen LogP) is 2.97. The zero-order valence-electron chi connectivity index (χ0n) is 8.14. The Balaban J connectivity index is 2.60. The highest BCUT2D eigenvalue weighted by Gasteiger charge is 2.02. The normalized spacial score (nSPS) is 10.9. The molecule has 0 unspecified atom stereocenters. The molecule has 2 aromatic carbocycles. The van der Waals surface area contributed by atoms with Crippen molar-refractivity contribution in [2.45, 2.75) is 0 Å². The van der Waals surface area contributed by atoms with Gasteiger partial charge in [0.25, 0.3) is 0 Å². The van der Waals surface area contributed by atoms with Crippen LogP contribution in [0.1, 0.15) is 0 Å². The van der Waals surface area contributed by atoms with E-state index in [1.165, 1.54) is 5.39 Å². The summed E-state index contributed by atoms with van der Waals surface area (Å²) in [6, 6.07) is 16.3. The Bertz CT molecular complexity index is 644. The topological polar surface area (TPSA) is 38.9 Å². The monoisotopic (exact) mass is 194 g/mol. The summed E-state index contributed by atoms with van der Waals surface area (Å²) in [4.78, 5) is 4.35. The van der Waals surface area contributed by atoms with E-state index < -0.39 is 0 Å². The standard InChI is InChI=1S/C13H10N2/c14-12-8-10-7-6-9-4-2-1-3-5-11(9)13(10)15-12/h1-8H,(H2,14,15). The fraction of sp³-hybridized carbons (Fsp3) is 0. The van der Waals surface area contributed by atoms with Crippen molar-refractivity contribution >= 4 is 27.5 Å². The van der Waals surface area contributed by atoms with Crippen molar-refractivity contribution in [1.29, 1.82) is 0 Å². The van der Waals surface area contributed by atoms with Gasteiger partial charge in [-0.25, -0.2) is 4.98 Å². The summed E-state index contributed by atoms with van der Waals surface area (Å²) < 4.78 is 0. The molecule has 0 spiro atoms. The molecule has 0 bridgehead atoms. The molecule has 0 aliphatic heterocycles. The molecule has 1 aromatic heterocycles. The summed E-state index contributed by atoms with van der Waals surface area (Å²) in [6.45, 7) is 0. The molecular weight excluding hydrogens is 184 g/mol. The van der Waals surface area contributed by atoms with Gasteiger partial charge in [-0.15, -0.1) is 0 Å². The zero-order chi connectivity index (χ0) is 10.3. The molecule has 3 aromatic rings. The van der Waals surface area contributed by atoms with Crippen molar-refractivity contribution in [3.63, 3.8) is 0 Å². The van der Waals surface area contributed by atoms with Crippen LogP contribution in [-0.4, -0.2) is 4.98 Å². The van der Waals surface area contributed by atoms with Crippen LogP contribution in [0, 0.1) is 0 Å². The van der Waals surface area contributed by atoms with Gasteiger partial charge in [0.15, 0.2) is 0 Å². The van der Waals surface area contributed by atoms with Gasteiger partial charge in [0, 0.05) is 10.8 Å². The van der Waals surface area contributed by atoms with Gasteiger partial charge in [0.05, 0.1) is 5.52 Å². The van der Waals surface area contributed by atoms with Crippen LogP contribution < -0.4 is 5.73 Å². The maximum absolute atomic E-state index is 5.70. The van der Waals surface area contributed by atoms with Crippen LogP contribution in [-0.2, 0) is 0 Å². The van der Waals surface area contributed by atoms with Crippen LogP contribution in [0.25, 0.3) is 21.7 Å². The number of nitrogens with zero attached hydrogens (tertiary/aromatic N) is 1. The number of nitrogen functional groups attached to an aromatic ring is 1. The van der Waals surface area contributed by atoms with Crippen LogP contribution in [0.2, 0.25) is 0 Å². The minimum absolute atomic E-state index is 0.587. The second kappa shape index (κ2) is 2.95. The number of benzene rings is 1. The van der Waals surface area contributed by atoms with Gasteiger partial charge in [0.2, 0.25) is 0 Å². The Morgan fingerprint density at radius 1 is 0.867 bits per heavy atom. The quantitative estimate of drug-likeness (QED) is 0.597. The smallest absolute Gasteiger partial charge is 0.124 e. The summed E-state index contributed by atoms with van der Waals surface area (Å²) in [5.74, 6) is 0.587. The van der Waals surface area contributed by atoms with Crippen LogP contribution in [0.5, 0.6) is 0 Å². The number of hydrogen-bond acceptors (Lipinski definition) is 2. The first kappa shape index (κ1) is 8.24. The molecule has 0 atom stereocenters. The van der Waals surface area contributed by atoms with Crippen molar-refractivity contribution in [3.05, 3.63) is 48.5 Å². The fourth-order valence-electron chi connectivity index (χ4n) is 1.90. The molecule has 0 radical (unpaired) electrons. The van der Waals surface area contributed by atoms with Gasteiger partial charge < -0.3 is 5.73 Å². The molecule has 0 saturated carbocycles. The molecule has 0 fully saturated rings. The lowest BCUT2D eigenvalue weighted by molar-refractivity contribution is 1.49. The minimum atomic E-state index is 0.587. The van der Waals surface area contributed by atoms with E-state index in [4.69, 9.17) is 5.73 Å². The summed E-state index contributed by atoms with van der Waals surface area (Å²) in [7, 11) is 0. The van der Waals surface area contributed by atoms with Crippen LogP contribution in [0.15, 0.2) is 48.5 Å². The summed E-state index contributed by atoms with van der Waals surface area (Å²) in [5.41, 5.74) is 6.69. The van der Waals surface area contributed by atoms with Gasteiger partial charge in [-0.1, -0.05) is 42.5 Å². The third kappa shape index (κ3) is 1.22. The molecule has 2 nitrogen and oxygen atoms in total. The maximum Gasteiger partial charge on any atom is 0.124 e. The van der Waals surface area contributed by atoms with Gasteiger partial charge in [-0.05, 0) is 11.5 Å². The largest absolute Gasteiger partial charge is 0.384 e. The van der Waals surface area contributed by atoms with Gasteiger partial charge in [0.1, 0.15) is 5.82 Å². The Kier molecular flexibility index (Phi) is 1.62. The lowest BCUT2D eigenvalue weighted by Crippen LogP contribution is -1.80. The molecule has 0 saturated heterocycles. The maximum atomic E-state index is 5.70. The van der Waals surface area contributed by atoms with E-state index in [9.17, 15) is 0 Å². The first-order chi connectivity index (χ1) is 7.34. The lowest BCUT2D eigenvalue weighted by atomic mass is 10.1. The molecule has 0 aliphatic carbocycles. The first-order valence-electron chi connectivity index (χ1n) is 4.88. The van der Waals surface area contributed by atoms with Crippen molar-refractivity contribution in [1.82, 2.24) is 4.98 Å². The van der Waals surface area contributed by atoms with Crippen LogP contribution >= 0.6 is 0 Å². The van der Waals surface area contributed by atoms with Crippen molar-refractivity contribution in [2.24, 2.45) is 0 Å². The van der Waals surface area contributed by atoms with Crippen molar-refractivity contribution in [3.8, 4) is 0 Å². The molecular formula is C13H10N2. The first-order valence-corrected chi connectivity index (χ1v) is 4.88. The third-order valence-corrected chi connectivity index (χ3v) is 2.59. The van der Waals surface area contributed by atoms with E-state index in [2.05, 4.69) is 29.2 Å².